The quantitative estimate of drug-likeness (QED) is 0.848. The highest BCUT2D eigenvalue weighted by Crippen LogP contribution is 2.32. The summed E-state index contributed by atoms with van der Waals surface area (Å²) in [7, 11) is 1.51. The lowest BCUT2D eigenvalue weighted by atomic mass is 9.93. The molecule has 0 saturated carbocycles. The topological polar surface area (TPSA) is 38.3 Å². The summed E-state index contributed by atoms with van der Waals surface area (Å²) in [6.45, 7) is 1.41. The summed E-state index contributed by atoms with van der Waals surface area (Å²) in [5, 5.41) is 3.84. The Kier molecular flexibility index (Phi) is 3.38. The Hall–Kier alpha value is -0.770. The number of carbonyl (C=O) groups excluding carboxylic acids is 1. The standard InChI is InChI=1S/C11H11Cl2NO2/c1-16-10-3-8(12)7(2-9(10)13)11(15)6-4-14-5-6/h2-3,6,14H,4-5H2,1H3. The molecule has 0 aromatic heterocycles. The lowest BCUT2D eigenvalue weighted by Crippen LogP contribution is -2.46. The lowest BCUT2D eigenvalue weighted by molar-refractivity contribution is 0.0878. The first-order chi connectivity index (χ1) is 7.63. The van der Waals surface area contributed by atoms with E-state index >= 15 is 0 Å². The number of halogens is 2. The third-order valence-corrected chi connectivity index (χ3v) is 3.27. The number of rotatable bonds is 3. The molecular formula is C11H11Cl2NO2. The molecule has 5 heteroatoms. The Morgan fingerprint density at radius 3 is 2.56 bits per heavy atom. The van der Waals surface area contributed by atoms with Crippen LogP contribution in [0.5, 0.6) is 5.75 Å². The van der Waals surface area contributed by atoms with E-state index in [9.17, 15) is 4.79 Å². The van der Waals surface area contributed by atoms with Gasteiger partial charge in [0.1, 0.15) is 5.75 Å². The largest absolute Gasteiger partial charge is 0.495 e. The maximum absolute atomic E-state index is 12.0. The molecule has 1 aromatic carbocycles. The second kappa shape index (κ2) is 4.62. The van der Waals surface area contributed by atoms with Gasteiger partial charge < -0.3 is 10.1 Å². The normalized spacial score (nSPS) is 15.7. The Morgan fingerprint density at radius 1 is 1.38 bits per heavy atom. The van der Waals surface area contributed by atoms with Crippen LogP contribution in [0.1, 0.15) is 10.4 Å². The highest BCUT2D eigenvalue weighted by Gasteiger charge is 2.28. The molecule has 0 unspecified atom stereocenters. The van der Waals surface area contributed by atoms with Crippen LogP contribution in [0, 0.1) is 5.92 Å². The van der Waals surface area contributed by atoms with Gasteiger partial charge >= 0.3 is 0 Å². The number of benzene rings is 1. The average Bonchev–Trinajstić information content (AvgIpc) is 2.18. The van der Waals surface area contributed by atoms with E-state index < -0.39 is 0 Å². The van der Waals surface area contributed by atoms with Crippen molar-refractivity contribution in [3.63, 3.8) is 0 Å². The molecule has 1 fully saturated rings. The zero-order valence-electron chi connectivity index (χ0n) is 8.72. The molecule has 1 N–H and O–H groups in total. The molecular weight excluding hydrogens is 249 g/mol. The minimum atomic E-state index is 0.0157. The number of nitrogens with one attached hydrogen (secondary N) is 1. The maximum atomic E-state index is 12.0. The molecule has 1 aromatic rings. The van der Waals surface area contributed by atoms with Crippen molar-refractivity contribution in [2.75, 3.05) is 20.2 Å². The Labute approximate surface area is 104 Å². The molecule has 3 nitrogen and oxygen atoms in total. The van der Waals surface area contributed by atoms with E-state index in [0.29, 0.717) is 34.4 Å². The molecule has 2 rings (SSSR count). The molecule has 1 heterocycles. The molecule has 16 heavy (non-hydrogen) atoms. The van der Waals surface area contributed by atoms with Crippen molar-refractivity contribution >= 4 is 29.0 Å². The second-order valence-corrected chi connectivity index (χ2v) is 4.50. The molecule has 1 saturated heterocycles. The number of ketones is 1. The van der Waals surface area contributed by atoms with Crippen LogP contribution in [0.2, 0.25) is 10.0 Å². The van der Waals surface area contributed by atoms with E-state index in [4.69, 9.17) is 27.9 Å². The Morgan fingerprint density at radius 2 is 2.06 bits per heavy atom. The van der Waals surface area contributed by atoms with E-state index in [2.05, 4.69) is 5.32 Å². The average molecular weight is 260 g/mol. The van der Waals surface area contributed by atoms with Crippen LogP contribution >= 0.6 is 23.2 Å². The first-order valence-electron chi connectivity index (χ1n) is 4.91. The molecule has 0 radical (unpaired) electrons. The number of hydrogen-bond donors (Lipinski definition) is 1. The Bertz CT molecular complexity index is 430. The fourth-order valence-corrected chi connectivity index (χ4v) is 2.06. The third-order valence-electron chi connectivity index (χ3n) is 2.66. The highest BCUT2D eigenvalue weighted by atomic mass is 35.5. The van der Waals surface area contributed by atoms with Crippen molar-refractivity contribution in [1.82, 2.24) is 5.32 Å². The van der Waals surface area contributed by atoms with Crippen LogP contribution in [0.15, 0.2) is 12.1 Å². The Balaban J connectivity index is 2.33. The van der Waals surface area contributed by atoms with E-state index in [1.54, 1.807) is 12.1 Å². The molecule has 0 atom stereocenters. The van der Waals surface area contributed by atoms with Gasteiger partial charge in [0.25, 0.3) is 0 Å². The predicted molar refractivity (Wildman–Crippen MR) is 63.7 cm³/mol. The molecule has 1 aliphatic rings. The van der Waals surface area contributed by atoms with Crippen molar-refractivity contribution in [2.45, 2.75) is 0 Å². The van der Waals surface area contributed by atoms with E-state index in [0.717, 1.165) is 0 Å². The second-order valence-electron chi connectivity index (χ2n) is 3.69. The summed E-state index contributed by atoms with van der Waals surface area (Å²) in [4.78, 5) is 12.0. The predicted octanol–water partition coefficient (Wildman–Crippen LogP) is 2.40. The van der Waals surface area contributed by atoms with Gasteiger partial charge in [0, 0.05) is 30.6 Å². The van der Waals surface area contributed by atoms with Crippen molar-refractivity contribution in [1.29, 1.82) is 0 Å². The van der Waals surface area contributed by atoms with Crippen LogP contribution < -0.4 is 10.1 Å². The molecule has 1 aliphatic heterocycles. The van der Waals surface area contributed by atoms with Crippen molar-refractivity contribution < 1.29 is 9.53 Å². The van der Waals surface area contributed by atoms with Crippen LogP contribution in [0.4, 0.5) is 0 Å². The highest BCUT2D eigenvalue weighted by molar-refractivity contribution is 6.37. The first-order valence-corrected chi connectivity index (χ1v) is 5.67. The van der Waals surface area contributed by atoms with Crippen LogP contribution in [-0.4, -0.2) is 26.0 Å². The molecule has 0 aliphatic carbocycles. The van der Waals surface area contributed by atoms with Gasteiger partial charge in [0.05, 0.1) is 17.2 Å². The van der Waals surface area contributed by atoms with Crippen LogP contribution in [0.25, 0.3) is 0 Å². The summed E-state index contributed by atoms with van der Waals surface area (Å²) in [6, 6.07) is 3.15. The molecule has 0 amide bonds. The molecule has 0 bridgehead atoms. The van der Waals surface area contributed by atoms with Gasteiger partial charge in [-0.1, -0.05) is 23.2 Å². The van der Waals surface area contributed by atoms with Gasteiger partial charge in [-0.25, -0.2) is 0 Å². The summed E-state index contributed by atoms with van der Waals surface area (Å²) in [5.74, 6) is 0.533. The van der Waals surface area contributed by atoms with Gasteiger partial charge in [-0.3, -0.25) is 4.79 Å². The monoisotopic (exact) mass is 259 g/mol. The van der Waals surface area contributed by atoms with Crippen molar-refractivity contribution in [3.8, 4) is 5.75 Å². The van der Waals surface area contributed by atoms with E-state index in [1.165, 1.54) is 7.11 Å². The summed E-state index contributed by atoms with van der Waals surface area (Å²) in [5.41, 5.74) is 0.471. The number of carbonyl (C=O) groups is 1. The van der Waals surface area contributed by atoms with Crippen molar-refractivity contribution in [3.05, 3.63) is 27.7 Å². The minimum absolute atomic E-state index is 0.0157. The van der Waals surface area contributed by atoms with E-state index in [-0.39, 0.29) is 11.7 Å². The maximum Gasteiger partial charge on any atom is 0.170 e. The van der Waals surface area contributed by atoms with Gasteiger partial charge in [0.15, 0.2) is 5.78 Å². The summed E-state index contributed by atoms with van der Waals surface area (Å²) < 4.78 is 5.02. The van der Waals surface area contributed by atoms with Gasteiger partial charge in [0.2, 0.25) is 0 Å². The SMILES string of the molecule is COc1cc(Cl)c(C(=O)C2CNC2)cc1Cl. The number of Topliss-reactive ketones (excluding diaryl/α,β-unsaturated/α-hetero) is 1. The van der Waals surface area contributed by atoms with Crippen LogP contribution in [0.3, 0.4) is 0 Å². The summed E-state index contributed by atoms with van der Waals surface area (Å²) >= 11 is 12.0. The smallest absolute Gasteiger partial charge is 0.170 e. The van der Waals surface area contributed by atoms with Gasteiger partial charge in [-0.05, 0) is 6.07 Å². The number of ether oxygens (including phenoxy) is 1. The fourth-order valence-electron chi connectivity index (χ4n) is 1.57. The molecule has 86 valence electrons. The first kappa shape index (κ1) is 11.7. The lowest BCUT2D eigenvalue weighted by Gasteiger charge is -2.26. The fraction of sp³-hybridized carbons (Fsp3) is 0.364. The summed E-state index contributed by atoms with van der Waals surface area (Å²) in [6.07, 6.45) is 0. The third kappa shape index (κ3) is 2.03. The van der Waals surface area contributed by atoms with Gasteiger partial charge in [-0.2, -0.15) is 0 Å². The van der Waals surface area contributed by atoms with Crippen molar-refractivity contribution in [2.24, 2.45) is 5.92 Å². The number of hydrogen-bond acceptors (Lipinski definition) is 3. The zero-order chi connectivity index (χ0) is 11.7. The molecule has 0 spiro atoms. The van der Waals surface area contributed by atoms with E-state index in [1.807, 2.05) is 0 Å². The van der Waals surface area contributed by atoms with Gasteiger partial charge in [-0.15, -0.1) is 0 Å². The minimum Gasteiger partial charge on any atom is -0.495 e. The number of methoxy groups -OCH3 is 1. The van der Waals surface area contributed by atoms with Crippen LogP contribution in [-0.2, 0) is 0 Å². The zero-order valence-corrected chi connectivity index (χ0v) is 10.2.